The van der Waals surface area contributed by atoms with Gasteiger partial charge in [0.05, 0.1) is 0 Å². The van der Waals surface area contributed by atoms with Gasteiger partial charge in [0.25, 0.3) is 0 Å². The third-order valence-electron chi connectivity index (χ3n) is 3.55. The van der Waals surface area contributed by atoms with Crippen LogP contribution in [0, 0.1) is 6.92 Å². The van der Waals surface area contributed by atoms with Crippen molar-refractivity contribution in [3.8, 4) is 16.9 Å². The lowest BCUT2D eigenvalue weighted by molar-refractivity contribution is 0.306. The number of halogens is 1. The number of nitrogens with zero attached hydrogens (tertiary/aromatic N) is 1. The molecule has 1 heterocycles. The number of hydrogen-bond donors (Lipinski definition) is 0. The molecule has 2 aromatic carbocycles. The van der Waals surface area contributed by atoms with Crippen molar-refractivity contribution in [1.82, 2.24) is 4.98 Å². The maximum atomic E-state index is 5.89. The second-order valence-corrected chi connectivity index (χ2v) is 5.95. The summed E-state index contributed by atoms with van der Waals surface area (Å²) in [5.41, 5.74) is 4.56. The third kappa shape index (κ3) is 3.37. The van der Waals surface area contributed by atoms with Gasteiger partial charge in [0.15, 0.2) is 0 Å². The second-order valence-electron chi connectivity index (χ2n) is 5.10. The molecule has 0 saturated carbocycles. The largest absolute Gasteiger partial charge is 0.489 e. The van der Waals surface area contributed by atoms with Gasteiger partial charge in [-0.2, -0.15) is 0 Å². The molecule has 0 radical (unpaired) electrons. The number of aromatic nitrogens is 1. The summed E-state index contributed by atoms with van der Waals surface area (Å²) in [6, 6.07) is 18.3. The van der Waals surface area contributed by atoms with E-state index in [1.54, 1.807) is 0 Å². The Morgan fingerprint density at radius 2 is 1.82 bits per heavy atom. The van der Waals surface area contributed by atoms with Crippen LogP contribution in [0.4, 0.5) is 0 Å². The molecule has 0 atom stereocenters. The molecule has 1 aromatic heterocycles. The van der Waals surface area contributed by atoms with E-state index in [1.807, 2.05) is 42.7 Å². The summed E-state index contributed by atoms with van der Waals surface area (Å²) in [4.78, 5) is 4.26. The van der Waals surface area contributed by atoms with Crippen LogP contribution < -0.4 is 4.74 Å². The summed E-state index contributed by atoms with van der Waals surface area (Å²) in [5.74, 6) is 0.862. The molecular formula is C19H16BrNO. The van der Waals surface area contributed by atoms with E-state index in [4.69, 9.17) is 4.74 Å². The van der Waals surface area contributed by atoms with E-state index in [0.29, 0.717) is 6.61 Å². The van der Waals surface area contributed by atoms with Crippen LogP contribution in [0.5, 0.6) is 5.75 Å². The summed E-state index contributed by atoms with van der Waals surface area (Å²) >= 11 is 3.53. The summed E-state index contributed by atoms with van der Waals surface area (Å²) < 4.78 is 6.91. The highest BCUT2D eigenvalue weighted by atomic mass is 79.9. The zero-order chi connectivity index (χ0) is 15.4. The Hall–Kier alpha value is -2.13. The fourth-order valence-corrected chi connectivity index (χ4v) is 2.62. The number of rotatable bonds is 4. The number of hydrogen-bond acceptors (Lipinski definition) is 2. The Balaban J connectivity index is 1.82. The van der Waals surface area contributed by atoms with Crippen molar-refractivity contribution in [1.29, 1.82) is 0 Å². The minimum Gasteiger partial charge on any atom is -0.489 e. The average molecular weight is 354 g/mol. The average Bonchev–Trinajstić information content (AvgIpc) is 2.57. The first-order valence-corrected chi connectivity index (χ1v) is 7.90. The van der Waals surface area contributed by atoms with Gasteiger partial charge in [0.2, 0.25) is 0 Å². The van der Waals surface area contributed by atoms with Crippen LogP contribution in [0.3, 0.4) is 0 Å². The number of pyridine rings is 1. The predicted molar refractivity (Wildman–Crippen MR) is 92.9 cm³/mol. The fourth-order valence-electron chi connectivity index (χ4n) is 2.28. The maximum Gasteiger partial charge on any atom is 0.120 e. The molecule has 3 rings (SSSR count). The van der Waals surface area contributed by atoms with Gasteiger partial charge in [0, 0.05) is 22.4 Å². The molecular weight excluding hydrogens is 338 g/mol. The van der Waals surface area contributed by atoms with Gasteiger partial charge >= 0.3 is 0 Å². The highest BCUT2D eigenvalue weighted by Gasteiger charge is 2.06. The maximum absolute atomic E-state index is 5.89. The lowest BCUT2D eigenvalue weighted by Crippen LogP contribution is -1.95. The predicted octanol–water partition coefficient (Wildman–Crippen LogP) is 5.40. The molecule has 0 aliphatic rings. The van der Waals surface area contributed by atoms with E-state index >= 15 is 0 Å². The summed E-state index contributed by atoms with van der Waals surface area (Å²) in [6.07, 6.45) is 3.70. The van der Waals surface area contributed by atoms with E-state index in [0.717, 1.165) is 26.9 Å². The van der Waals surface area contributed by atoms with Crippen molar-refractivity contribution < 1.29 is 4.74 Å². The zero-order valence-electron chi connectivity index (χ0n) is 12.3. The Morgan fingerprint density at radius 1 is 1.00 bits per heavy atom. The lowest BCUT2D eigenvalue weighted by atomic mass is 10.0. The standard InChI is InChI=1S/C19H16BrNO/c1-14-18(11-21-12-19(14)20)16-8-5-9-17(10-16)22-13-15-6-3-2-4-7-15/h2-12H,13H2,1H3. The van der Waals surface area contributed by atoms with Gasteiger partial charge in [0.1, 0.15) is 12.4 Å². The summed E-state index contributed by atoms with van der Waals surface area (Å²) in [7, 11) is 0. The Labute approximate surface area is 138 Å². The van der Waals surface area contributed by atoms with E-state index < -0.39 is 0 Å². The summed E-state index contributed by atoms with van der Waals surface area (Å²) in [5, 5.41) is 0. The smallest absolute Gasteiger partial charge is 0.120 e. The number of benzene rings is 2. The molecule has 0 N–H and O–H groups in total. The minimum atomic E-state index is 0.569. The molecule has 3 aromatic rings. The van der Waals surface area contributed by atoms with Gasteiger partial charge in [-0.05, 0) is 51.7 Å². The highest BCUT2D eigenvalue weighted by Crippen LogP contribution is 2.29. The SMILES string of the molecule is Cc1c(Br)cncc1-c1cccc(OCc2ccccc2)c1. The Bertz CT molecular complexity index is 771. The normalized spacial score (nSPS) is 10.5. The van der Waals surface area contributed by atoms with Gasteiger partial charge in [-0.1, -0.05) is 42.5 Å². The van der Waals surface area contributed by atoms with Crippen LogP contribution in [-0.2, 0) is 6.61 Å². The fraction of sp³-hybridized carbons (Fsp3) is 0.105. The molecule has 2 nitrogen and oxygen atoms in total. The minimum absolute atomic E-state index is 0.569. The van der Waals surface area contributed by atoms with Crippen LogP contribution in [0.15, 0.2) is 71.5 Å². The molecule has 110 valence electrons. The molecule has 0 amide bonds. The molecule has 0 unspecified atom stereocenters. The zero-order valence-corrected chi connectivity index (χ0v) is 13.9. The first-order chi connectivity index (χ1) is 10.7. The quantitative estimate of drug-likeness (QED) is 0.626. The molecule has 0 saturated heterocycles. The third-order valence-corrected chi connectivity index (χ3v) is 4.35. The van der Waals surface area contributed by atoms with Crippen LogP contribution in [0.1, 0.15) is 11.1 Å². The van der Waals surface area contributed by atoms with Crippen molar-refractivity contribution in [3.05, 3.63) is 82.6 Å². The molecule has 0 spiro atoms. The highest BCUT2D eigenvalue weighted by molar-refractivity contribution is 9.10. The van der Waals surface area contributed by atoms with Gasteiger partial charge < -0.3 is 4.74 Å². The monoisotopic (exact) mass is 353 g/mol. The van der Waals surface area contributed by atoms with E-state index in [-0.39, 0.29) is 0 Å². The first kappa shape index (κ1) is 14.8. The van der Waals surface area contributed by atoms with Crippen LogP contribution >= 0.6 is 15.9 Å². The van der Waals surface area contributed by atoms with E-state index in [9.17, 15) is 0 Å². The lowest BCUT2D eigenvalue weighted by Gasteiger charge is -2.10. The number of ether oxygens (including phenoxy) is 1. The summed E-state index contributed by atoms with van der Waals surface area (Å²) in [6.45, 7) is 2.65. The molecule has 0 fully saturated rings. The van der Waals surface area contributed by atoms with Crippen molar-refractivity contribution in [2.45, 2.75) is 13.5 Å². The molecule has 0 bridgehead atoms. The molecule has 0 aliphatic heterocycles. The Kier molecular flexibility index (Phi) is 4.54. The van der Waals surface area contributed by atoms with Gasteiger partial charge in [-0.25, -0.2) is 0 Å². The molecule has 0 aliphatic carbocycles. The van der Waals surface area contributed by atoms with Crippen molar-refractivity contribution >= 4 is 15.9 Å². The van der Waals surface area contributed by atoms with Crippen molar-refractivity contribution in [2.75, 3.05) is 0 Å². The Morgan fingerprint density at radius 3 is 2.64 bits per heavy atom. The van der Waals surface area contributed by atoms with Gasteiger partial charge in [-0.15, -0.1) is 0 Å². The van der Waals surface area contributed by atoms with Crippen molar-refractivity contribution in [3.63, 3.8) is 0 Å². The molecule has 22 heavy (non-hydrogen) atoms. The van der Waals surface area contributed by atoms with E-state index in [1.165, 1.54) is 5.56 Å². The molecule has 3 heteroatoms. The first-order valence-electron chi connectivity index (χ1n) is 7.11. The van der Waals surface area contributed by atoms with Crippen LogP contribution in [0.25, 0.3) is 11.1 Å². The van der Waals surface area contributed by atoms with Gasteiger partial charge in [-0.3, -0.25) is 4.98 Å². The topological polar surface area (TPSA) is 22.1 Å². The van der Waals surface area contributed by atoms with Crippen molar-refractivity contribution in [2.24, 2.45) is 0 Å². The van der Waals surface area contributed by atoms with E-state index in [2.05, 4.69) is 52.1 Å². The van der Waals surface area contributed by atoms with Crippen LogP contribution in [0.2, 0.25) is 0 Å². The second kappa shape index (κ2) is 6.75. The van der Waals surface area contributed by atoms with Crippen LogP contribution in [-0.4, -0.2) is 4.98 Å².